The molecular formula is C22H22N2O4S. The number of carbonyl (C=O) groups is 1. The highest BCUT2D eigenvalue weighted by molar-refractivity contribution is 7.91. The molecule has 1 aliphatic rings. The fraction of sp³-hybridized carbons (Fsp3) is 0.273. The van der Waals surface area contributed by atoms with Gasteiger partial charge in [-0.2, -0.15) is 0 Å². The first-order valence-corrected chi connectivity index (χ1v) is 11.3. The molecule has 0 radical (unpaired) electrons. The standard InChI is InChI=1S/C22H22N2O4S/c25-22(23-12-13-29(26,27)19-8-2-1-3-9-19)20-15-21(28-24-20)18-11-10-16-6-4-5-7-17(16)14-18/h1-3,8-11,14-15H,4-7,12-13H2,(H,23,25). The Morgan fingerprint density at radius 2 is 1.76 bits per heavy atom. The Balaban J connectivity index is 1.39. The van der Waals surface area contributed by atoms with Gasteiger partial charge in [0.2, 0.25) is 0 Å². The SMILES string of the molecule is O=C(NCCS(=O)(=O)c1ccccc1)c1cc(-c2ccc3c(c2)CCCC3)on1. The number of nitrogens with one attached hydrogen (secondary N) is 1. The molecule has 0 saturated heterocycles. The Labute approximate surface area is 169 Å². The number of hydrogen-bond donors (Lipinski definition) is 1. The molecule has 150 valence electrons. The maximum absolute atomic E-state index is 12.3. The lowest BCUT2D eigenvalue weighted by Gasteiger charge is -2.15. The van der Waals surface area contributed by atoms with Gasteiger partial charge in [-0.3, -0.25) is 4.79 Å². The molecule has 1 heterocycles. The van der Waals surface area contributed by atoms with Crippen LogP contribution in [0.5, 0.6) is 0 Å². The molecule has 1 amide bonds. The molecule has 1 N–H and O–H groups in total. The Kier molecular flexibility index (Phi) is 5.49. The van der Waals surface area contributed by atoms with Crippen molar-refractivity contribution in [2.75, 3.05) is 12.3 Å². The first kappa shape index (κ1) is 19.4. The first-order chi connectivity index (χ1) is 14.0. The fourth-order valence-corrected chi connectivity index (χ4v) is 4.72. The second kappa shape index (κ2) is 8.21. The van der Waals surface area contributed by atoms with Crippen LogP contribution in [0.25, 0.3) is 11.3 Å². The van der Waals surface area contributed by atoms with E-state index in [0.717, 1.165) is 18.4 Å². The third kappa shape index (κ3) is 4.40. The fourth-order valence-electron chi connectivity index (χ4n) is 3.54. The largest absolute Gasteiger partial charge is 0.355 e. The molecule has 3 aromatic rings. The van der Waals surface area contributed by atoms with Gasteiger partial charge < -0.3 is 9.84 Å². The van der Waals surface area contributed by atoms with Crippen LogP contribution in [0.1, 0.15) is 34.5 Å². The van der Waals surface area contributed by atoms with E-state index in [-0.39, 0.29) is 22.9 Å². The summed E-state index contributed by atoms with van der Waals surface area (Å²) in [5.74, 6) is -0.111. The van der Waals surface area contributed by atoms with Crippen molar-refractivity contribution in [3.63, 3.8) is 0 Å². The van der Waals surface area contributed by atoms with Crippen LogP contribution in [-0.4, -0.2) is 31.8 Å². The van der Waals surface area contributed by atoms with Crippen molar-refractivity contribution in [3.05, 3.63) is 71.4 Å². The van der Waals surface area contributed by atoms with E-state index in [1.807, 2.05) is 6.07 Å². The predicted molar refractivity (Wildman–Crippen MR) is 109 cm³/mol. The highest BCUT2D eigenvalue weighted by atomic mass is 32.2. The van der Waals surface area contributed by atoms with Gasteiger partial charge in [0.1, 0.15) is 0 Å². The van der Waals surface area contributed by atoms with Crippen molar-refractivity contribution in [1.29, 1.82) is 0 Å². The third-order valence-electron chi connectivity index (χ3n) is 5.13. The van der Waals surface area contributed by atoms with Crippen LogP contribution < -0.4 is 5.32 Å². The van der Waals surface area contributed by atoms with Gasteiger partial charge in [-0.25, -0.2) is 8.42 Å². The van der Waals surface area contributed by atoms with Gasteiger partial charge in [0.05, 0.1) is 10.6 Å². The Bertz CT molecular complexity index is 1120. The highest BCUT2D eigenvalue weighted by Gasteiger charge is 2.18. The van der Waals surface area contributed by atoms with Crippen molar-refractivity contribution in [2.45, 2.75) is 30.6 Å². The number of rotatable bonds is 6. The van der Waals surface area contributed by atoms with Gasteiger partial charge in [-0.05, 0) is 55.0 Å². The van der Waals surface area contributed by atoms with Crippen molar-refractivity contribution in [3.8, 4) is 11.3 Å². The molecule has 0 saturated carbocycles. The number of aromatic nitrogens is 1. The average molecular weight is 410 g/mol. The average Bonchev–Trinajstić information content (AvgIpc) is 3.24. The molecule has 0 fully saturated rings. The molecule has 29 heavy (non-hydrogen) atoms. The van der Waals surface area contributed by atoms with Crippen molar-refractivity contribution in [1.82, 2.24) is 10.5 Å². The number of hydrogen-bond acceptors (Lipinski definition) is 5. The highest BCUT2D eigenvalue weighted by Crippen LogP contribution is 2.27. The topological polar surface area (TPSA) is 89.3 Å². The number of aryl methyl sites for hydroxylation is 2. The summed E-state index contributed by atoms with van der Waals surface area (Å²) in [4.78, 5) is 12.6. The zero-order valence-corrected chi connectivity index (χ0v) is 16.7. The normalized spacial score (nSPS) is 13.7. The minimum Gasteiger partial charge on any atom is -0.355 e. The van der Waals surface area contributed by atoms with Crippen molar-refractivity contribution in [2.24, 2.45) is 0 Å². The van der Waals surface area contributed by atoms with Crippen molar-refractivity contribution >= 4 is 15.7 Å². The van der Waals surface area contributed by atoms with Crippen LogP contribution in [0.15, 0.2) is 64.0 Å². The molecule has 7 heteroatoms. The molecule has 0 bridgehead atoms. The summed E-state index contributed by atoms with van der Waals surface area (Å²) < 4.78 is 29.9. The summed E-state index contributed by atoms with van der Waals surface area (Å²) in [5.41, 5.74) is 3.72. The van der Waals surface area contributed by atoms with E-state index in [4.69, 9.17) is 4.52 Å². The van der Waals surface area contributed by atoms with Crippen LogP contribution in [-0.2, 0) is 22.7 Å². The zero-order chi connectivity index (χ0) is 20.3. The Morgan fingerprint density at radius 1 is 1.00 bits per heavy atom. The second-order valence-corrected chi connectivity index (χ2v) is 9.26. The monoisotopic (exact) mass is 410 g/mol. The first-order valence-electron chi connectivity index (χ1n) is 9.68. The minimum absolute atomic E-state index is 0.00288. The van der Waals surface area contributed by atoms with Gasteiger partial charge >= 0.3 is 0 Å². The molecule has 6 nitrogen and oxygen atoms in total. The molecule has 4 rings (SSSR count). The maximum Gasteiger partial charge on any atom is 0.273 e. The number of carbonyl (C=O) groups excluding carboxylic acids is 1. The van der Waals surface area contributed by atoms with Gasteiger partial charge in [0, 0.05) is 18.2 Å². The molecular weight excluding hydrogens is 388 g/mol. The van der Waals surface area contributed by atoms with E-state index >= 15 is 0 Å². The zero-order valence-electron chi connectivity index (χ0n) is 15.9. The summed E-state index contributed by atoms with van der Waals surface area (Å²) in [6.45, 7) is -0.00288. The van der Waals surface area contributed by atoms with E-state index in [2.05, 4.69) is 22.6 Å². The maximum atomic E-state index is 12.3. The number of nitrogens with zero attached hydrogens (tertiary/aromatic N) is 1. The predicted octanol–water partition coefficient (Wildman–Crippen LogP) is 3.42. The lowest BCUT2D eigenvalue weighted by Crippen LogP contribution is -2.29. The third-order valence-corrected chi connectivity index (χ3v) is 6.87. The van der Waals surface area contributed by atoms with Crippen LogP contribution in [0.4, 0.5) is 0 Å². The van der Waals surface area contributed by atoms with Crippen LogP contribution in [0, 0.1) is 0 Å². The van der Waals surface area contributed by atoms with E-state index in [1.165, 1.54) is 24.0 Å². The molecule has 0 spiro atoms. The van der Waals surface area contributed by atoms with E-state index in [0.29, 0.717) is 5.76 Å². The smallest absolute Gasteiger partial charge is 0.273 e. The number of amides is 1. The summed E-state index contributed by atoms with van der Waals surface area (Å²) >= 11 is 0. The molecule has 0 aliphatic heterocycles. The minimum atomic E-state index is -3.44. The number of sulfone groups is 1. The van der Waals surface area contributed by atoms with Crippen LogP contribution in [0.3, 0.4) is 0 Å². The lowest BCUT2D eigenvalue weighted by atomic mass is 9.90. The summed E-state index contributed by atoms with van der Waals surface area (Å²) in [6.07, 6.45) is 4.57. The molecule has 0 unspecified atom stereocenters. The van der Waals surface area contributed by atoms with Crippen LogP contribution in [0.2, 0.25) is 0 Å². The Morgan fingerprint density at radius 3 is 2.55 bits per heavy atom. The molecule has 2 aromatic carbocycles. The van der Waals surface area contributed by atoms with E-state index < -0.39 is 15.7 Å². The van der Waals surface area contributed by atoms with Gasteiger partial charge in [-0.1, -0.05) is 35.5 Å². The number of fused-ring (bicyclic) bond motifs is 1. The van der Waals surface area contributed by atoms with Gasteiger partial charge in [0.25, 0.3) is 5.91 Å². The van der Waals surface area contributed by atoms with Crippen molar-refractivity contribution < 1.29 is 17.7 Å². The van der Waals surface area contributed by atoms with E-state index in [9.17, 15) is 13.2 Å². The Hall–Kier alpha value is -2.93. The molecule has 1 aromatic heterocycles. The van der Waals surface area contributed by atoms with Crippen LogP contribution >= 0.6 is 0 Å². The number of benzene rings is 2. The summed E-state index contributed by atoms with van der Waals surface area (Å²) in [6, 6.07) is 16.0. The molecule has 1 aliphatic carbocycles. The second-order valence-electron chi connectivity index (χ2n) is 7.15. The van der Waals surface area contributed by atoms with E-state index in [1.54, 1.807) is 36.4 Å². The van der Waals surface area contributed by atoms with Gasteiger partial charge in [-0.15, -0.1) is 0 Å². The van der Waals surface area contributed by atoms with Gasteiger partial charge in [0.15, 0.2) is 21.3 Å². The quantitative estimate of drug-likeness (QED) is 0.673. The summed E-state index contributed by atoms with van der Waals surface area (Å²) in [7, 11) is -3.44. The summed E-state index contributed by atoms with van der Waals surface area (Å²) in [5, 5.41) is 6.44. The lowest BCUT2D eigenvalue weighted by molar-refractivity contribution is 0.0947. The molecule has 0 atom stereocenters.